The van der Waals surface area contributed by atoms with Gasteiger partial charge in [-0.25, -0.2) is 9.97 Å². The van der Waals surface area contributed by atoms with Crippen molar-refractivity contribution in [2.24, 2.45) is 5.92 Å². The lowest BCUT2D eigenvalue weighted by molar-refractivity contribution is -0.141. The van der Waals surface area contributed by atoms with Gasteiger partial charge in [0.2, 0.25) is 0 Å². The van der Waals surface area contributed by atoms with E-state index in [1.54, 1.807) is 18.5 Å². The molecule has 42 heavy (non-hydrogen) atoms. The Balaban J connectivity index is 1.32. The van der Waals surface area contributed by atoms with Gasteiger partial charge in [0.1, 0.15) is 17.2 Å². The Hall–Kier alpha value is -4.33. The summed E-state index contributed by atoms with van der Waals surface area (Å²) in [5.74, 6) is -0.119. The predicted octanol–water partition coefficient (Wildman–Crippen LogP) is 7.79. The smallest absolute Gasteiger partial charge is 0.307 e. The van der Waals surface area contributed by atoms with Crippen LogP contribution in [0.5, 0.6) is 5.75 Å². The van der Waals surface area contributed by atoms with E-state index in [0.29, 0.717) is 11.6 Å². The fourth-order valence-electron chi connectivity index (χ4n) is 4.61. The molecule has 0 bridgehead atoms. The van der Waals surface area contributed by atoms with Crippen molar-refractivity contribution in [1.82, 2.24) is 15.1 Å². The first-order valence-corrected chi connectivity index (χ1v) is 14.7. The van der Waals surface area contributed by atoms with Gasteiger partial charge in [-0.3, -0.25) is 9.59 Å². The Bertz CT molecular complexity index is 1430. The SMILES string of the molecule is CCCCCCCOc1ccc(-c2cnc(-c3ccc(C[C@H](CC(=O)c4cc(C(C)C)on4)C(=O)O)cc3)nc2)cc1. The molecule has 4 rings (SSSR count). The van der Waals surface area contributed by atoms with Crippen molar-refractivity contribution < 1.29 is 24.0 Å². The molecule has 8 heteroatoms. The second-order valence-corrected chi connectivity index (χ2v) is 10.9. The second-order valence-electron chi connectivity index (χ2n) is 10.9. The van der Waals surface area contributed by atoms with Gasteiger partial charge in [0.05, 0.1) is 12.5 Å². The molecule has 0 radical (unpaired) electrons. The van der Waals surface area contributed by atoms with Gasteiger partial charge in [-0.15, -0.1) is 0 Å². The lowest BCUT2D eigenvalue weighted by atomic mass is 9.93. The highest BCUT2D eigenvalue weighted by Gasteiger charge is 2.25. The molecule has 0 fully saturated rings. The molecule has 1 atom stereocenters. The summed E-state index contributed by atoms with van der Waals surface area (Å²) in [6.45, 7) is 6.82. The number of carboxylic acids is 1. The van der Waals surface area contributed by atoms with Crippen LogP contribution in [-0.2, 0) is 11.2 Å². The van der Waals surface area contributed by atoms with E-state index in [1.807, 2.05) is 62.4 Å². The molecular weight excluding hydrogens is 530 g/mol. The molecule has 220 valence electrons. The van der Waals surface area contributed by atoms with Crippen molar-refractivity contribution in [2.45, 2.75) is 71.6 Å². The summed E-state index contributed by atoms with van der Waals surface area (Å²) in [6.07, 6.45) is 9.70. The van der Waals surface area contributed by atoms with Crippen LogP contribution in [0, 0.1) is 5.92 Å². The van der Waals surface area contributed by atoms with Crippen molar-refractivity contribution in [1.29, 1.82) is 0 Å². The van der Waals surface area contributed by atoms with E-state index in [9.17, 15) is 14.7 Å². The van der Waals surface area contributed by atoms with Crippen molar-refractivity contribution in [3.05, 3.63) is 84.0 Å². The molecule has 0 aliphatic carbocycles. The maximum atomic E-state index is 12.6. The van der Waals surface area contributed by atoms with Gasteiger partial charge in [-0.2, -0.15) is 0 Å². The van der Waals surface area contributed by atoms with E-state index >= 15 is 0 Å². The van der Waals surface area contributed by atoms with E-state index in [4.69, 9.17) is 9.26 Å². The number of aromatic nitrogens is 3. The molecule has 2 aromatic carbocycles. The standard InChI is InChI=1S/C34H39N3O5/c1-4-5-6-7-8-17-41-29-15-13-25(14-16-29)28-21-35-33(36-22-28)26-11-9-24(10-12-26)18-27(34(39)40)19-31(38)30-20-32(23(2)3)42-37-30/h9-16,20-23,27H,4-8,17-19H2,1-3H3,(H,39,40)/t27-/m1/s1. The monoisotopic (exact) mass is 569 g/mol. The summed E-state index contributed by atoms with van der Waals surface area (Å²) >= 11 is 0. The normalized spacial score (nSPS) is 11.9. The molecule has 2 heterocycles. The molecule has 0 aliphatic heterocycles. The van der Waals surface area contributed by atoms with Crippen LogP contribution < -0.4 is 4.74 Å². The molecule has 4 aromatic rings. The number of nitrogens with zero attached hydrogens (tertiary/aromatic N) is 3. The van der Waals surface area contributed by atoms with Crippen LogP contribution in [0.3, 0.4) is 0 Å². The van der Waals surface area contributed by atoms with Crippen molar-refractivity contribution >= 4 is 11.8 Å². The largest absolute Gasteiger partial charge is 0.494 e. The van der Waals surface area contributed by atoms with Crippen molar-refractivity contribution in [3.8, 4) is 28.3 Å². The van der Waals surface area contributed by atoms with Gasteiger partial charge in [-0.1, -0.05) is 88.0 Å². The number of aliphatic carboxylic acids is 1. The summed E-state index contributed by atoms with van der Waals surface area (Å²) in [7, 11) is 0. The van der Waals surface area contributed by atoms with Gasteiger partial charge in [0, 0.05) is 41.9 Å². The molecule has 0 aliphatic rings. The van der Waals surface area contributed by atoms with E-state index in [0.717, 1.165) is 41.0 Å². The van der Waals surface area contributed by atoms with Crippen molar-refractivity contribution in [2.75, 3.05) is 6.61 Å². The minimum atomic E-state index is -1.03. The lowest BCUT2D eigenvalue weighted by Crippen LogP contribution is -2.20. The molecule has 0 saturated heterocycles. The zero-order valence-electron chi connectivity index (χ0n) is 24.6. The molecule has 8 nitrogen and oxygen atoms in total. The highest BCUT2D eigenvalue weighted by molar-refractivity contribution is 5.96. The number of carbonyl (C=O) groups excluding carboxylic acids is 1. The number of rotatable bonds is 16. The molecular formula is C34H39N3O5. The summed E-state index contributed by atoms with van der Waals surface area (Å²) in [5, 5.41) is 13.6. The minimum Gasteiger partial charge on any atom is -0.494 e. The van der Waals surface area contributed by atoms with Gasteiger partial charge in [0.25, 0.3) is 0 Å². The quantitative estimate of drug-likeness (QED) is 0.107. The number of ketones is 1. The predicted molar refractivity (Wildman–Crippen MR) is 162 cm³/mol. The van der Waals surface area contributed by atoms with Crippen LogP contribution in [-0.4, -0.2) is 38.6 Å². The molecule has 0 spiro atoms. The summed E-state index contributed by atoms with van der Waals surface area (Å²) < 4.78 is 11.1. The third-order valence-corrected chi connectivity index (χ3v) is 7.21. The summed E-state index contributed by atoms with van der Waals surface area (Å²) in [5.41, 5.74) is 3.70. The number of carboxylic acid groups (broad SMARTS) is 1. The number of unbranched alkanes of at least 4 members (excludes halogenated alkanes) is 4. The second kappa shape index (κ2) is 15.1. The third-order valence-electron chi connectivity index (χ3n) is 7.21. The summed E-state index contributed by atoms with van der Waals surface area (Å²) in [6, 6.07) is 17.0. The minimum absolute atomic E-state index is 0.0919. The van der Waals surface area contributed by atoms with Gasteiger partial charge in [0.15, 0.2) is 11.6 Å². The number of hydrogen-bond donors (Lipinski definition) is 1. The average molecular weight is 570 g/mol. The Kier molecular flexibility index (Phi) is 11.0. The van der Waals surface area contributed by atoms with Crippen LogP contribution in [0.25, 0.3) is 22.5 Å². The van der Waals surface area contributed by atoms with Crippen LogP contribution in [0.15, 0.2) is 71.5 Å². The molecule has 2 aromatic heterocycles. The maximum absolute atomic E-state index is 12.6. The Labute approximate surface area is 247 Å². The van der Waals surface area contributed by atoms with Crippen LogP contribution >= 0.6 is 0 Å². The molecule has 0 saturated carbocycles. The highest BCUT2D eigenvalue weighted by Crippen LogP contribution is 2.25. The summed E-state index contributed by atoms with van der Waals surface area (Å²) in [4.78, 5) is 33.6. The maximum Gasteiger partial charge on any atom is 0.307 e. The molecule has 0 amide bonds. The fraction of sp³-hybridized carbons (Fsp3) is 0.382. The first-order chi connectivity index (χ1) is 20.3. The number of hydrogen-bond acceptors (Lipinski definition) is 7. The van der Waals surface area contributed by atoms with Gasteiger partial charge >= 0.3 is 5.97 Å². The first kappa shape index (κ1) is 30.6. The number of ether oxygens (including phenoxy) is 1. The Morgan fingerprint density at radius 2 is 1.55 bits per heavy atom. The van der Waals surface area contributed by atoms with Gasteiger partial charge < -0.3 is 14.4 Å². The fourth-order valence-corrected chi connectivity index (χ4v) is 4.61. The first-order valence-electron chi connectivity index (χ1n) is 14.7. The number of Topliss-reactive ketones (excluding diaryl/α,β-unsaturated/α-hetero) is 1. The number of benzene rings is 2. The topological polar surface area (TPSA) is 115 Å². The van der Waals surface area contributed by atoms with E-state index in [-0.39, 0.29) is 30.2 Å². The average Bonchev–Trinajstić information content (AvgIpc) is 3.51. The Morgan fingerprint density at radius 1 is 0.881 bits per heavy atom. The molecule has 1 N–H and O–H groups in total. The highest BCUT2D eigenvalue weighted by atomic mass is 16.5. The van der Waals surface area contributed by atoms with Crippen molar-refractivity contribution in [3.63, 3.8) is 0 Å². The Morgan fingerprint density at radius 3 is 2.17 bits per heavy atom. The van der Waals surface area contributed by atoms with Crippen LogP contribution in [0.4, 0.5) is 0 Å². The van der Waals surface area contributed by atoms with Crippen LogP contribution in [0.2, 0.25) is 0 Å². The lowest BCUT2D eigenvalue weighted by Gasteiger charge is -2.11. The van der Waals surface area contributed by atoms with E-state index < -0.39 is 11.9 Å². The number of carbonyl (C=O) groups is 2. The zero-order chi connectivity index (χ0) is 29.9. The van der Waals surface area contributed by atoms with Crippen LogP contribution in [0.1, 0.15) is 87.0 Å². The van der Waals surface area contributed by atoms with E-state index in [1.165, 1.54) is 25.7 Å². The third kappa shape index (κ3) is 8.59. The molecule has 0 unspecified atom stereocenters. The zero-order valence-corrected chi connectivity index (χ0v) is 24.6. The van der Waals surface area contributed by atoms with Gasteiger partial charge in [-0.05, 0) is 36.1 Å². The van der Waals surface area contributed by atoms with E-state index in [2.05, 4.69) is 22.0 Å².